The van der Waals surface area contributed by atoms with Crippen LogP contribution in [-0.2, 0) is 11.3 Å². The summed E-state index contributed by atoms with van der Waals surface area (Å²) in [6.07, 6.45) is 2.39. The van der Waals surface area contributed by atoms with E-state index in [4.69, 9.17) is 22.1 Å². The average Bonchev–Trinajstić information content (AvgIpc) is 3.17. The fourth-order valence-electron chi connectivity index (χ4n) is 3.81. The van der Waals surface area contributed by atoms with Gasteiger partial charge in [-0.3, -0.25) is 9.69 Å². The highest BCUT2D eigenvalue weighted by molar-refractivity contribution is 7.12. The first-order valence-corrected chi connectivity index (χ1v) is 11.2. The zero-order chi connectivity index (χ0) is 21.1. The molecule has 1 fully saturated rings. The number of hydrogen-bond acceptors (Lipinski definition) is 7. The summed E-state index contributed by atoms with van der Waals surface area (Å²) in [6, 6.07) is 8.01. The maximum absolute atomic E-state index is 12.7. The maximum atomic E-state index is 12.7. The number of hydrogen-bond donors (Lipinski definition) is 1. The van der Waals surface area contributed by atoms with Crippen LogP contribution in [0.5, 0.6) is 5.06 Å². The van der Waals surface area contributed by atoms with Gasteiger partial charge in [-0.05, 0) is 24.1 Å². The number of nitrogens with two attached hydrogens (primary N) is 1. The smallest absolute Gasteiger partial charge is 0.260 e. The summed E-state index contributed by atoms with van der Waals surface area (Å²) in [7, 11) is 0. The molecule has 0 bridgehead atoms. The molecular formula is C21H24ClN5O2S. The number of anilines is 1. The molecule has 2 aromatic heterocycles. The van der Waals surface area contributed by atoms with Crippen LogP contribution in [0.1, 0.15) is 18.9 Å². The number of nitrogens with zero attached hydrogens (tertiary/aromatic N) is 4. The normalized spacial score (nSPS) is 17.4. The lowest BCUT2D eigenvalue weighted by molar-refractivity contribution is -0.138. The van der Waals surface area contributed by atoms with E-state index in [9.17, 15) is 4.79 Å². The number of nitrogen functional groups attached to an aromatic ring is 1. The SMILES string of the molecule is CC[C@H]1CN(Cc2ccc3c(N)ncnc3c2)CCN1C(=O)COc1cc(Cl)cs1. The summed E-state index contributed by atoms with van der Waals surface area (Å²) in [5.74, 6) is 0.515. The van der Waals surface area contributed by atoms with Crippen molar-refractivity contribution in [3.05, 3.63) is 46.6 Å². The van der Waals surface area contributed by atoms with Crippen LogP contribution >= 0.6 is 22.9 Å². The van der Waals surface area contributed by atoms with Crippen LogP contribution in [0.15, 0.2) is 36.0 Å². The predicted octanol–water partition coefficient (Wildman–Crippen LogP) is 3.43. The van der Waals surface area contributed by atoms with Gasteiger partial charge in [0.15, 0.2) is 11.7 Å². The van der Waals surface area contributed by atoms with E-state index < -0.39 is 0 Å². The molecule has 1 aromatic carbocycles. The molecule has 3 aromatic rings. The van der Waals surface area contributed by atoms with Gasteiger partial charge < -0.3 is 15.4 Å². The standard InChI is InChI=1S/C21H24ClN5O2S/c1-2-16-10-26(9-14-3-4-17-18(7-14)24-13-25-21(17)23)5-6-27(16)19(28)11-29-20-8-15(22)12-30-20/h3-4,7-8,12-13,16H,2,5-6,9-11H2,1H3,(H2,23,24,25)/t16-/m0/s1. The molecule has 1 amide bonds. The van der Waals surface area contributed by atoms with E-state index >= 15 is 0 Å². The number of amides is 1. The van der Waals surface area contributed by atoms with Gasteiger partial charge in [-0.25, -0.2) is 9.97 Å². The lowest BCUT2D eigenvalue weighted by atomic mass is 10.1. The molecule has 2 N–H and O–H groups in total. The Bertz CT molecular complexity index is 1040. The van der Waals surface area contributed by atoms with Crippen molar-refractivity contribution >= 4 is 45.6 Å². The van der Waals surface area contributed by atoms with Crippen molar-refractivity contribution in [2.75, 3.05) is 32.0 Å². The number of rotatable bonds is 6. The summed E-state index contributed by atoms with van der Waals surface area (Å²) < 4.78 is 5.61. The molecule has 1 atom stereocenters. The second kappa shape index (κ2) is 9.16. The third-order valence-corrected chi connectivity index (χ3v) is 6.57. The highest BCUT2D eigenvalue weighted by Gasteiger charge is 2.29. The van der Waals surface area contributed by atoms with Crippen LogP contribution in [-0.4, -0.2) is 58.0 Å². The molecule has 7 nitrogen and oxygen atoms in total. The number of carbonyl (C=O) groups excluding carboxylic acids is 1. The van der Waals surface area contributed by atoms with Crippen LogP contribution in [0.25, 0.3) is 10.9 Å². The fraction of sp³-hybridized carbons (Fsp3) is 0.381. The van der Waals surface area contributed by atoms with Gasteiger partial charge in [0.05, 0.1) is 10.5 Å². The van der Waals surface area contributed by atoms with Crippen LogP contribution < -0.4 is 10.5 Å². The van der Waals surface area contributed by atoms with Crippen LogP contribution in [0.2, 0.25) is 5.02 Å². The summed E-state index contributed by atoms with van der Waals surface area (Å²) in [5.41, 5.74) is 7.95. The lowest BCUT2D eigenvalue weighted by Crippen LogP contribution is -2.55. The van der Waals surface area contributed by atoms with E-state index in [0.29, 0.717) is 22.4 Å². The second-order valence-electron chi connectivity index (χ2n) is 7.37. The van der Waals surface area contributed by atoms with E-state index in [0.717, 1.165) is 37.0 Å². The molecule has 3 heterocycles. The number of fused-ring (bicyclic) bond motifs is 1. The number of halogens is 1. The van der Waals surface area contributed by atoms with Crippen molar-refractivity contribution < 1.29 is 9.53 Å². The van der Waals surface area contributed by atoms with Crippen molar-refractivity contribution in [1.82, 2.24) is 19.8 Å². The first kappa shape index (κ1) is 20.8. The maximum Gasteiger partial charge on any atom is 0.260 e. The lowest BCUT2D eigenvalue weighted by Gasteiger charge is -2.41. The molecule has 0 saturated carbocycles. The van der Waals surface area contributed by atoms with Crippen molar-refractivity contribution in [2.24, 2.45) is 0 Å². The highest BCUT2D eigenvalue weighted by atomic mass is 35.5. The van der Waals surface area contributed by atoms with Gasteiger partial charge in [0.25, 0.3) is 5.91 Å². The van der Waals surface area contributed by atoms with Gasteiger partial charge in [-0.15, -0.1) is 11.3 Å². The monoisotopic (exact) mass is 445 g/mol. The highest BCUT2D eigenvalue weighted by Crippen LogP contribution is 2.26. The molecule has 0 radical (unpaired) electrons. The predicted molar refractivity (Wildman–Crippen MR) is 120 cm³/mol. The third kappa shape index (κ3) is 4.66. The first-order valence-electron chi connectivity index (χ1n) is 9.91. The molecular weight excluding hydrogens is 422 g/mol. The number of benzene rings is 1. The quantitative estimate of drug-likeness (QED) is 0.625. The Morgan fingerprint density at radius 3 is 2.97 bits per heavy atom. The summed E-state index contributed by atoms with van der Waals surface area (Å²) >= 11 is 7.31. The summed E-state index contributed by atoms with van der Waals surface area (Å²) in [5, 5.41) is 3.96. The van der Waals surface area contributed by atoms with Gasteiger partial charge in [-0.1, -0.05) is 24.6 Å². The molecule has 158 valence electrons. The molecule has 30 heavy (non-hydrogen) atoms. The Kier molecular flexibility index (Phi) is 6.36. The van der Waals surface area contributed by atoms with E-state index in [1.165, 1.54) is 23.2 Å². The van der Waals surface area contributed by atoms with Gasteiger partial charge in [0.2, 0.25) is 0 Å². The third-order valence-electron chi connectivity index (χ3n) is 5.38. The molecule has 4 rings (SSSR count). The van der Waals surface area contributed by atoms with Crippen molar-refractivity contribution in [2.45, 2.75) is 25.9 Å². The number of ether oxygens (including phenoxy) is 1. The van der Waals surface area contributed by atoms with E-state index in [1.54, 1.807) is 11.4 Å². The second-order valence-corrected chi connectivity index (χ2v) is 8.68. The number of carbonyl (C=O) groups is 1. The van der Waals surface area contributed by atoms with Crippen molar-refractivity contribution in [3.8, 4) is 5.06 Å². The topological polar surface area (TPSA) is 84.6 Å². The molecule has 0 spiro atoms. The zero-order valence-electron chi connectivity index (χ0n) is 16.8. The molecule has 0 unspecified atom stereocenters. The largest absolute Gasteiger partial charge is 0.474 e. The van der Waals surface area contributed by atoms with Crippen LogP contribution in [0, 0.1) is 0 Å². The Morgan fingerprint density at radius 1 is 1.33 bits per heavy atom. The van der Waals surface area contributed by atoms with Crippen LogP contribution in [0.4, 0.5) is 5.82 Å². The van der Waals surface area contributed by atoms with Gasteiger partial charge in [0, 0.05) is 49.1 Å². The minimum atomic E-state index is 0.0175. The zero-order valence-corrected chi connectivity index (χ0v) is 18.3. The molecule has 0 aliphatic carbocycles. The van der Waals surface area contributed by atoms with E-state index in [2.05, 4.69) is 33.9 Å². The fourth-order valence-corrected chi connectivity index (χ4v) is 4.72. The minimum Gasteiger partial charge on any atom is -0.474 e. The number of piperazine rings is 1. The first-order chi connectivity index (χ1) is 14.5. The summed E-state index contributed by atoms with van der Waals surface area (Å²) in [6.45, 7) is 5.30. The summed E-state index contributed by atoms with van der Waals surface area (Å²) in [4.78, 5) is 25.4. The minimum absolute atomic E-state index is 0.0175. The van der Waals surface area contributed by atoms with E-state index in [-0.39, 0.29) is 18.6 Å². The molecule has 1 aliphatic rings. The average molecular weight is 446 g/mol. The number of aromatic nitrogens is 2. The Hall–Kier alpha value is -2.42. The van der Waals surface area contributed by atoms with E-state index in [1.807, 2.05) is 11.0 Å². The van der Waals surface area contributed by atoms with Gasteiger partial charge in [0.1, 0.15) is 12.1 Å². The van der Waals surface area contributed by atoms with Crippen molar-refractivity contribution in [3.63, 3.8) is 0 Å². The Morgan fingerprint density at radius 2 is 2.20 bits per heavy atom. The Balaban J connectivity index is 1.36. The van der Waals surface area contributed by atoms with Crippen molar-refractivity contribution in [1.29, 1.82) is 0 Å². The molecule has 9 heteroatoms. The Labute approximate surface area is 184 Å². The number of thiophene rings is 1. The van der Waals surface area contributed by atoms with Crippen LogP contribution in [0.3, 0.4) is 0 Å². The molecule has 1 aliphatic heterocycles. The van der Waals surface area contributed by atoms with Gasteiger partial charge in [-0.2, -0.15) is 0 Å². The molecule has 1 saturated heterocycles. The van der Waals surface area contributed by atoms with Gasteiger partial charge >= 0.3 is 0 Å².